The van der Waals surface area contributed by atoms with E-state index in [-0.39, 0.29) is 10.2 Å². The summed E-state index contributed by atoms with van der Waals surface area (Å²) < 4.78 is 10.6. The van der Waals surface area contributed by atoms with Crippen LogP contribution in [0.3, 0.4) is 0 Å². The van der Waals surface area contributed by atoms with Gasteiger partial charge in [-0.05, 0) is 42.7 Å². The fourth-order valence-electron chi connectivity index (χ4n) is 2.55. The molecule has 0 N–H and O–H groups in total. The molecule has 25 heavy (non-hydrogen) atoms. The van der Waals surface area contributed by atoms with Gasteiger partial charge in [-0.3, -0.25) is 10.1 Å². The van der Waals surface area contributed by atoms with E-state index in [9.17, 15) is 10.1 Å². The highest BCUT2D eigenvalue weighted by molar-refractivity contribution is 8.00. The molecule has 2 aromatic carbocycles. The molecule has 134 valence electrons. The van der Waals surface area contributed by atoms with Gasteiger partial charge in [-0.25, -0.2) is 0 Å². The highest BCUT2D eigenvalue weighted by Crippen LogP contribution is 2.32. The molecule has 0 aliphatic rings. The average molecular weight is 361 g/mol. The van der Waals surface area contributed by atoms with Crippen LogP contribution in [0.2, 0.25) is 0 Å². The molecule has 5 nitrogen and oxygen atoms in total. The van der Waals surface area contributed by atoms with E-state index >= 15 is 0 Å². The van der Waals surface area contributed by atoms with E-state index in [0.29, 0.717) is 17.9 Å². The number of hydrogen-bond acceptors (Lipinski definition) is 5. The molecule has 0 amide bonds. The predicted molar refractivity (Wildman–Crippen MR) is 100 cm³/mol. The Labute approximate surface area is 152 Å². The summed E-state index contributed by atoms with van der Waals surface area (Å²) in [5.74, 6) is 1.36. The Morgan fingerprint density at radius 3 is 2.36 bits per heavy atom. The van der Waals surface area contributed by atoms with Crippen LogP contribution in [0.1, 0.15) is 18.9 Å². The third-order valence-electron chi connectivity index (χ3n) is 4.07. The minimum absolute atomic E-state index is 0.106. The lowest BCUT2D eigenvalue weighted by molar-refractivity contribution is -0.517. The number of hydrogen-bond donors (Lipinski definition) is 0. The first-order chi connectivity index (χ1) is 12.0. The van der Waals surface area contributed by atoms with Crippen LogP contribution in [-0.4, -0.2) is 30.4 Å². The van der Waals surface area contributed by atoms with E-state index in [2.05, 4.69) is 0 Å². The van der Waals surface area contributed by atoms with Crippen LogP contribution >= 0.6 is 11.8 Å². The molecule has 0 radical (unpaired) electrons. The maximum atomic E-state index is 11.3. The Balaban J connectivity index is 2.10. The first-order valence-electron chi connectivity index (χ1n) is 8.11. The molecule has 0 spiro atoms. The zero-order valence-corrected chi connectivity index (χ0v) is 15.5. The van der Waals surface area contributed by atoms with E-state index < -0.39 is 6.04 Å². The van der Waals surface area contributed by atoms with Crippen LogP contribution in [-0.2, 0) is 6.42 Å². The second-order valence-corrected chi connectivity index (χ2v) is 7.04. The number of rotatable bonds is 9. The number of ether oxygens (including phenoxy) is 2. The Kier molecular flexibility index (Phi) is 7.13. The van der Waals surface area contributed by atoms with Crippen LogP contribution in [0.4, 0.5) is 0 Å². The summed E-state index contributed by atoms with van der Waals surface area (Å²) in [6.45, 7) is 1.68. The highest BCUT2D eigenvalue weighted by atomic mass is 32.2. The maximum Gasteiger partial charge on any atom is 0.222 e. The van der Waals surface area contributed by atoms with Crippen LogP contribution in [0.25, 0.3) is 0 Å². The molecule has 0 fully saturated rings. The standard InChI is InChI=1S/C19H23NO4S/c1-14(20(21)22)19(25-16-7-5-4-6-8-16)12-10-15-9-11-17(23-2)18(13-15)24-3/h4-9,11,13-14,19H,10,12H2,1-3H3. The van der Waals surface area contributed by atoms with E-state index in [1.54, 1.807) is 32.9 Å². The summed E-state index contributed by atoms with van der Waals surface area (Å²) in [5, 5.41) is 11.2. The molecule has 0 aliphatic carbocycles. The summed E-state index contributed by atoms with van der Waals surface area (Å²) in [7, 11) is 3.20. The summed E-state index contributed by atoms with van der Waals surface area (Å²) in [6.07, 6.45) is 1.44. The topological polar surface area (TPSA) is 61.6 Å². The second-order valence-electron chi connectivity index (χ2n) is 5.72. The van der Waals surface area contributed by atoms with Gasteiger partial charge in [0.1, 0.15) is 0 Å². The molecule has 0 aliphatic heterocycles. The van der Waals surface area contributed by atoms with Crippen molar-refractivity contribution in [1.82, 2.24) is 0 Å². The number of nitrogens with zero attached hydrogens (tertiary/aromatic N) is 1. The van der Waals surface area contributed by atoms with Crippen molar-refractivity contribution in [3.05, 3.63) is 64.2 Å². The maximum absolute atomic E-state index is 11.3. The smallest absolute Gasteiger partial charge is 0.222 e. The van der Waals surface area contributed by atoms with Gasteiger partial charge in [-0.1, -0.05) is 24.3 Å². The number of thioether (sulfide) groups is 1. The predicted octanol–water partition coefficient (Wildman–Crippen LogP) is 4.46. The van der Waals surface area contributed by atoms with Gasteiger partial charge in [0, 0.05) is 16.7 Å². The van der Waals surface area contributed by atoms with Crippen molar-refractivity contribution in [2.45, 2.75) is 36.0 Å². The molecule has 0 bridgehead atoms. The van der Waals surface area contributed by atoms with Crippen molar-refractivity contribution in [3.63, 3.8) is 0 Å². The molecular weight excluding hydrogens is 338 g/mol. The van der Waals surface area contributed by atoms with Gasteiger partial charge < -0.3 is 9.47 Å². The second kappa shape index (κ2) is 9.32. The molecule has 2 unspecified atom stereocenters. The molecule has 0 aromatic heterocycles. The van der Waals surface area contributed by atoms with Gasteiger partial charge in [0.15, 0.2) is 11.5 Å². The number of aryl methyl sites for hydroxylation is 1. The van der Waals surface area contributed by atoms with Crippen molar-refractivity contribution in [2.75, 3.05) is 14.2 Å². The molecule has 2 aromatic rings. The van der Waals surface area contributed by atoms with Gasteiger partial charge in [-0.15, -0.1) is 11.8 Å². The summed E-state index contributed by atoms with van der Waals surface area (Å²) in [5.41, 5.74) is 1.08. The van der Waals surface area contributed by atoms with Gasteiger partial charge in [0.25, 0.3) is 0 Å². The van der Waals surface area contributed by atoms with Crippen molar-refractivity contribution in [1.29, 1.82) is 0 Å². The number of benzene rings is 2. The normalized spacial score (nSPS) is 13.1. The zero-order chi connectivity index (χ0) is 18.2. The Hall–Kier alpha value is -2.21. The number of methoxy groups -OCH3 is 2. The molecule has 2 rings (SSSR count). The lowest BCUT2D eigenvalue weighted by Crippen LogP contribution is -2.28. The van der Waals surface area contributed by atoms with E-state index in [1.807, 2.05) is 48.5 Å². The van der Waals surface area contributed by atoms with Crippen molar-refractivity contribution >= 4 is 11.8 Å². The van der Waals surface area contributed by atoms with Crippen molar-refractivity contribution < 1.29 is 14.4 Å². The fourth-order valence-corrected chi connectivity index (χ4v) is 3.75. The highest BCUT2D eigenvalue weighted by Gasteiger charge is 2.27. The minimum atomic E-state index is -0.620. The molecule has 0 saturated carbocycles. The molecule has 0 saturated heterocycles. The quantitative estimate of drug-likeness (QED) is 0.375. The lowest BCUT2D eigenvalue weighted by Gasteiger charge is -2.18. The first kappa shape index (κ1) is 19.1. The van der Waals surface area contributed by atoms with Gasteiger partial charge >= 0.3 is 0 Å². The van der Waals surface area contributed by atoms with Crippen molar-refractivity contribution in [3.8, 4) is 11.5 Å². The third kappa shape index (κ3) is 5.39. The Morgan fingerprint density at radius 2 is 1.76 bits per heavy atom. The van der Waals surface area contributed by atoms with Crippen molar-refractivity contribution in [2.24, 2.45) is 0 Å². The zero-order valence-electron chi connectivity index (χ0n) is 14.7. The molecule has 0 heterocycles. The van der Waals surface area contributed by atoms with Crippen LogP contribution < -0.4 is 9.47 Å². The van der Waals surface area contributed by atoms with E-state index in [4.69, 9.17) is 9.47 Å². The van der Waals surface area contributed by atoms with E-state index in [1.165, 1.54) is 0 Å². The van der Waals surface area contributed by atoms with Crippen LogP contribution in [0.15, 0.2) is 53.4 Å². The molecular formula is C19H23NO4S. The summed E-state index contributed by atoms with van der Waals surface area (Å²) >= 11 is 1.56. The SMILES string of the molecule is COc1ccc(CCC(Sc2ccccc2)C(C)[N+](=O)[O-])cc1OC. The summed E-state index contributed by atoms with van der Waals surface area (Å²) in [6, 6.07) is 15.0. The average Bonchev–Trinajstić information content (AvgIpc) is 2.64. The van der Waals surface area contributed by atoms with Crippen LogP contribution in [0, 0.1) is 10.1 Å². The van der Waals surface area contributed by atoms with Crippen LogP contribution in [0.5, 0.6) is 11.5 Å². The summed E-state index contributed by atoms with van der Waals surface area (Å²) in [4.78, 5) is 12.1. The van der Waals surface area contributed by atoms with Gasteiger partial charge in [0.2, 0.25) is 6.04 Å². The fraction of sp³-hybridized carbons (Fsp3) is 0.368. The Bertz CT molecular complexity index is 693. The monoisotopic (exact) mass is 361 g/mol. The lowest BCUT2D eigenvalue weighted by atomic mass is 10.0. The minimum Gasteiger partial charge on any atom is -0.493 e. The molecule has 2 atom stereocenters. The number of nitro groups is 1. The largest absolute Gasteiger partial charge is 0.493 e. The van der Waals surface area contributed by atoms with Gasteiger partial charge in [0.05, 0.1) is 19.5 Å². The molecule has 6 heteroatoms. The van der Waals surface area contributed by atoms with Gasteiger partial charge in [-0.2, -0.15) is 0 Å². The first-order valence-corrected chi connectivity index (χ1v) is 8.99. The van der Waals surface area contributed by atoms with E-state index in [0.717, 1.165) is 16.9 Å². The Morgan fingerprint density at radius 1 is 1.08 bits per heavy atom. The third-order valence-corrected chi connectivity index (χ3v) is 5.54.